The first-order valence-corrected chi connectivity index (χ1v) is 15.3. The van der Waals surface area contributed by atoms with Crippen LogP contribution in [0.1, 0.15) is 104 Å². The molecule has 7 atom stereocenters. The van der Waals surface area contributed by atoms with E-state index < -0.39 is 12.2 Å². The van der Waals surface area contributed by atoms with Gasteiger partial charge >= 0.3 is 0 Å². The number of allylic oxidation sites excluding steroid dienone is 4. The van der Waals surface area contributed by atoms with Gasteiger partial charge < -0.3 is 14.9 Å². The Kier molecular flexibility index (Phi) is 9.59. The summed E-state index contributed by atoms with van der Waals surface area (Å²) < 4.78 is 5.83. The van der Waals surface area contributed by atoms with Crippen molar-refractivity contribution in [2.24, 2.45) is 28.6 Å². The second-order valence-electron chi connectivity index (χ2n) is 13.2. The highest BCUT2D eigenvalue weighted by Crippen LogP contribution is 2.59. The minimum atomic E-state index is -0.633. The highest BCUT2D eigenvalue weighted by atomic mass is 16.5. The fourth-order valence-corrected chi connectivity index (χ4v) is 8.06. The molecule has 2 N–H and O–H groups in total. The Bertz CT molecular complexity index is 954. The fraction of sp³-hybridized carbons (Fsp3) is 0.735. The number of rotatable bonds is 11. The number of hydrogen-bond acceptors (Lipinski definition) is 4. The van der Waals surface area contributed by atoms with E-state index in [2.05, 4.69) is 51.7 Å². The highest BCUT2D eigenvalue weighted by Gasteiger charge is 2.50. The number of ketones is 1. The molecule has 4 nitrogen and oxygen atoms in total. The van der Waals surface area contributed by atoms with Crippen LogP contribution < -0.4 is 0 Å². The van der Waals surface area contributed by atoms with Gasteiger partial charge in [-0.2, -0.15) is 0 Å². The summed E-state index contributed by atoms with van der Waals surface area (Å²) >= 11 is 0. The van der Waals surface area contributed by atoms with Crippen molar-refractivity contribution in [3.63, 3.8) is 0 Å². The van der Waals surface area contributed by atoms with Gasteiger partial charge in [0.1, 0.15) is 5.78 Å². The van der Waals surface area contributed by atoms with Crippen molar-refractivity contribution in [2.75, 3.05) is 7.11 Å². The maximum atomic E-state index is 12.6. The molecule has 0 aromatic heterocycles. The number of carbonyl (C=O) groups is 1. The lowest BCUT2D eigenvalue weighted by Gasteiger charge is -2.44. The molecule has 0 radical (unpaired) electrons. The number of aliphatic hydroxyl groups excluding tert-OH is 2. The molecule has 4 saturated carbocycles. The van der Waals surface area contributed by atoms with E-state index in [1.54, 1.807) is 7.11 Å². The van der Waals surface area contributed by atoms with E-state index in [0.29, 0.717) is 41.8 Å². The van der Waals surface area contributed by atoms with E-state index in [9.17, 15) is 15.0 Å². The minimum Gasteiger partial charge on any atom is -0.393 e. The predicted molar refractivity (Wildman–Crippen MR) is 155 cm³/mol. The van der Waals surface area contributed by atoms with Crippen molar-refractivity contribution >= 4 is 5.78 Å². The Morgan fingerprint density at radius 3 is 2.63 bits per heavy atom. The molecule has 4 aliphatic carbocycles. The Morgan fingerprint density at radius 2 is 1.95 bits per heavy atom. The predicted octanol–water partition coefficient (Wildman–Crippen LogP) is 7.26. The van der Waals surface area contributed by atoms with E-state index in [0.717, 1.165) is 56.1 Å². The lowest BCUT2D eigenvalue weighted by Crippen LogP contribution is -2.35. The number of hydrogen-bond donors (Lipinski definition) is 2. The SMILES string of the molecule is C=C1/C(=C\C=C2/CCC[C@]3(C)[C@@H]([C@H](C)/C=C/[C@H](CCC4(C(=O)CCC)CC4)OC)CC[C@@H]23)C[C@@H](O)C[C@@H]1O. The van der Waals surface area contributed by atoms with E-state index in [-0.39, 0.29) is 11.5 Å². The summed E-state index contributed by atoms with van der Waals surface area (Å²) in [5.74, 6) is 2.19. The molecule has 0 aromatic rings. The van der Waals surface area contributed by atoms with E-state index in [4.69, 9.17) is 4.74 Å². The maximum Gasteiger partial charge on any atom is 0.139 e. The largest absolute Gasteiger partial charge is 0.393 e. The third-order valence-corrected chi connectivity index (χ3v) is 10.7. The maximum absolute atomic E-state index is 12.6. The summed E-state index contributed by atoms with van der Waals surface area (Å²) in [5.41, 5.74) is 3.55. The van der Waals surface area contributed by atoms with Crippen LogP contribution in [-0.4, -0.2) is 41.4 Å². The second-order valence-corrected chi connectivity index (χ2v) is 13.2. The van der Waals surface area contributed by atoms with Crippen molar-refractivity contribution in [3.8, 4) is 0 Å². The molecule has 0 heterocycles. The average molecular weight is 525 g/mol. The molecule has 0 bridgehead atoms. The van der Waals surface area contributed by atoms with Crippen molar-refractivity contribution in [1.82, 2.24) is 0 Å². The smallest absolute Gasteiger partial charge is 0.139 e. The minimum absolute atomic E-state index is 0.0430. The van der Waals surface area contributed by atoms with Crippen molar-refractivity contribution < 1.29 is 19.7 Å². The summed E-state index contributed by atoms with van der Waals surface area (Å²) in [6, 6.07) is 0. The topological polar surface area (TPSA) is 66.8 Å². The molecule has 0 saturated heterocycles. The molecule has 0 amide bonds. The quantitative estimate of drug-likeness (QED) is 0.279. The third-order valence-electron chi connectivity index (χ3n) is 10.7. The molecule has 0 aliphatic heterocycles. The summed E-state index contributed by atoms with van der Waals surface area (Å²) in [4.78, 5) is 12.6. The van der Waals surface area contributed by atoms with Crippen molar-refractivity contribution in [2.45, 2.75) is 123 Å². The first-order chi connectivity index (χ1) is 18.1. The molecule has 4 fully saturated rings. The first kappa shape index (κ1) is 29.5. The van der Waals surface area contributed by atoms with Crippen LogP contribution >= 0.6 is 0 Å². The van der Waals surface area contributed by atoms with E-state index in [1.165, 1.54) is 31.3 Å². The van der Waals surface area contributed by atoms with Crippen LogP contribution in [0.2, 0.25) is 0 Å². The molecule has 4 heteroatoms. The second kappa shape index (κ2) is 12.4. The molecule has 0 unspecified atom stereocenters. The van der Waals surface area contributed by atoms with Gasteiger partial charge in [-0.25, -0.2) is 0 Å². The first-order valence-electron chi connectivity index (χ1n) is 15.3. The number of Topliss-reactive ketones (excluding diaryl/α,β-unsaturated/α-hetero) is 1. The monoisotopic (exact) mass is 524 g/mol. The molecule has 4 aliphatic rings. The van der Waals surface area contributed by atoms with E-state index >= 15 is 0 Å². The molecular weight excluding hydrogens is 472 g/mol. The van der Waals surface area contributed by atoms with Crippen LogP contribution in [0.3, 0.4) is 0 Å². The van der Waals surface area contributed by atoms with Gasteiger partial charge in [-0.15, -0.1) is 0 Å². The lowest BCUT2D eigenvalue weighted by atomic mass is 9.61. The van der Waals surface area contributed by atoms with Gasteiger partial charge in [0.15, 0.2) is 0 Å². The zero-order chi connectivity index (χ0) is 27.5. The fourth-order valence-electron chi connectivity index (χ4n) is 8.06. The van der Waals surface area contributed by atoms with Gasteiger partial charge in [-0.1, -0.05) is 57.2 Å². The van der Waals surface area contributed by atoms with Crippen LogP contribution in [0.4, 0.5) is 0 Å². The number of aliphatic hydroxyl groups is 2. The van der Waals surface area contributed by atoms with Gasteiger partial charge in [0.2, 0.25) is 0 Å². The van der Waals surface area contributed by atoms with Crippen molar-refractivity contribution in [3.05, 3.63) is 47.6 Å². The van der Waals surface area contributed by atoms with Gasteiger partial charge in [-0.3, -0.25) is 4.79 Å². The summed E-state index contributed by atoms with van der Waals surface area (Å²) in [6.07, 6.45) is 20.8. The zero-order valence-electron chi connectivity index (χ0n) is 24.4. The number of carbonyl (C=O) groups excluding carboxylic acids is 1. The Balaban J connectivity index is 1.39. The Hall–Kier alpha value is -1.49. The average Bonchev–Trinajstić information content (AvgIpc) is 3.59. The standard InChI is InChI=1S/C34H52O4/c1-6-8-32(37)34(19-20-34)18-16-28(38-5)13-10-23(2)29-14-15-30-25(9-7-17-33(29,30)4)11-12-26-21-27(35)22-31(36)24(26)3/h10-13,23,27-31,35-36H,3,6-9,14-22H2,1-2,4-5H3/b13-10+,25-11+,26-12-/t23-,27-,28-,29-,30+,31+,33-/m1/s1. The van der Waals surface area contributed by atoms with Crippen LogP contribution in [-0.2, 0) is 9.53 Å². The number of methoxy groups -OCH3 is 1. The van der Waals surface area contributed by atoms with Gasteiger partial charge in [0.05, 0.1) is 18.3 Å². The molecule has 4 rings (SSSR count). The Labute approximate surface area is 231 Å². The summed E-state index contributed by atoms with van der Waals surface area (Å²) in [7, 11) is 1.80. The molecular formula is C34H52O4. The number of fused-ring (bicyclic) bond motifs is 1. The lowest BCUT2D eigenvalue weighted by molar-refractivity contribution is -0.124. The van der Waals surface area contributed by atoms with Crippen LogP contribution in [0.25, 0.3) is 0 Å². The van der Waals surface area contributed by atoms with Crippen LogP contribution in [0, 0.1) is 28.6 Å². The van der Waals surface area contributed by atoms with Crippen LogP contribution in [0.15, 0.2) is 47.6 Å². The van der Waals surface area contributed by atoms with Crippen LogP contribution in [0.5, 0.6) is 0 Å². The summed E-state index contributed by atoms with van der Waals surface area (Å²) in [6.45, 7) is 11.1. The molecule has 0 aromatic carbocycles. The zero-order valence-corrected chi connectivity index (χ0v) is 24.4. The molecule has 38 heavy (non-hydrogen) atoms. The van der Waals surface area contributed by atoms with Gasteiger partial charge in [0.25, 0.3) is 0 Å². The summed E-state index contributed by atoms with van der Waals surface area (Å²) in [5, 5.41) is 20.3. The third kappa shape index (κ3) is 6.29. The highest BCUT2D eigenvalue weighted by molar-refractivity contribution is 5.87. The molecule has 212 valence electrons. The normalized spacial score (nSPS) is 36.5. The van der Waals surface area contributed by atoms with Crippen molar-refractivity contribution in [1.29, 1.82) is 0 Å². The number of ether oxygens (including phenoxy) is 1. The molecule has 0 spiro atoms. The van der Waals surface area contributed by atoms with E-state index in [1.807, 2.05) is 0 Å². The Morgan fingerprint density at radius 1 is 1.18 bits per heavy atom. The van der Waals surface area contributed by atoms with Gasteiger partial charge in [-0.05, 0) is 105 Å². The van der Waals surface area contributed by atoms with Gasteiger partial charge in [0, 0.05) is 25.4 Å².